The highest BCUT2D eigenvalue weighted by molar-refractivity contribution is 8.18. The number of Topliss-reactive ketones (excluding diaryl/α,β-unsaturated/α-hetero) is 1. The monoisotopic (exact) mass is 416 g/mol. The van der Waals surface area contributed by atoms with Gasteiger partial charge in [0.05, 0.1) is 23.7 Å². The molecule has 0 aromatic heterocycles. The second-order valence-electron chi connectivity index (χ2n) is 5.97. The lowest BCUT2D eigenvalue weighted by Gasteiger charge is -2.15. The van der Waals surface area contributed by atoms with E-state index in [0.717, 1.165) is 22.2 Å². The second kappa shape index (κ2) is 8.50. The van der Waals surface area contributed by atoms with Crippen molar-refractivity contribution in [2.24, 2.45) is 0 Å². The predicted molar refractivity (Wildman–Crippen MR) is 111 cm³/mol. The molecule has 0 unspecified atom stereocenters. The van der Waals surface area contributed by atoms with Gasteiger partial charge in [-0.15, -0.1) is 0 Å². The highest BCUT2D eigenvalue weighted by Gasteiger charge is 2.34. The van der Waals surface area contributed by atoms with Crippen LogP contribution in [-0.4, -0.2) is 35.6 Å². The van der Waals surface area contributed by atoms with Gasteiger partial charge in [0.25, 0.3) is 11.1 Å². The number of thioether (sulfide) groups is 1. The molecule has 2 aromatic carbocycles. The highest BCUT2D eigenvalue weighted by Crippen LogP contribution is 2.32. The van der Waals surface area contributed by atoms with Crippen LogP contribution >= 0.6 is 23.4 Å². The lowest BCUT2D eigenvalue weighted by atomic mass is 10.1. The number of ether oxygens (including phenoxy) is 1. The number of hydrogen-bond acceptors (Lipinski definition) is 6. The molecule has 0 bridgehead atoms. The number of halogens is 1. The lowest BCUT2D eigenvalue weighted by Crippen LogP contribution is -2.33. The molecule has 8 heteroatoms. The van der Waals surface area contributed by atoms with E-state index in [1.54, 1.807) is 48.5 Å². The van der Waals surface area contributed by atoms with Crippen LogP contribution in [0.1, 0.15) is 22.8 Å². The van der Waals surface area contributed by atoms with Crippen molar-refractivity contribution < 1.29 is 19.1 Å². The summed E-state index contributed by atoms with van der Waals surface area (Å²) in [5, 5.41) is 3.08. The largest absolute Gasteiger partial charge is 0.495 e. The second-order valence-corrected chi connectivity index (χ2v) is 7.37. The van der Waals surface area contributed by atoms with E-state index < -0.39 is 0 Å². The zero-order valence-electron chi connectivity index (χ0n) is 15.2. The molecule has 1 heterocycles. The molecule has 1 aliphatic heterocycles. The molecule has 144 valence electrons. The first-order valence-corrected chi connectivity index (χ1v) is 9.52. The Labute approximate surface area is 171 Å². The van der Waals surface area contributed by atoms with Gasteiger partial charge < -0.3 is 10.1 Å². The van der Waals surface area contributed by atoms with Gasteiger partial charge in [0.1, 0.15) is 5.75 Å². The maximum atomic E-state index is 12.6. The van der Waals surface area contributed by atoms with Gasteiger partial charge in [0.2, 0.25) is 0 Å². The van der Waals surface area contributed by atoms with Crippen LogP contribution in [0.2, 0.25) is 5.02 Å². The number of ketones is 1. The molecular formula is C20H17ClN2O4S. The number of nitrogens with one attached hydrogen (secondary N) is 1. The van der Waals surface area contributed by atoms with E-state index in [0.29, 0.717) is 26.9 Å². The first-order valence-electron chi connectivity index (χ1n) is 8.33. The average Bonchev–Trinajstić information content (AvgIpc) is 2.93. The lowest BCUT2D eigenvalue weighted by molar-refractivity contribution is -0.122. The molecule has 0 spiro atoms. The molecule has 2 aromatic rings. The van der Waals surface area contributed by atoms with E-state index in [4.69, 9.17) is 16.3 Å². The Morgan fingerprint density at radius 1 is 1.21 bits per heavy atom. The van der Waals surface area contributed by atoms with E-state index in [1.807, 2.05) is 0 Å². The van der Waals surface area contributed by atoms with Gasteiger partial charge in [0.15, 0.2) is 5.78 Å². The predicted octanol–water partition coefficient (Wildman–Crippen LogP) is 4.66. The van der Waals surface area contributed by atoms with Crippen LogP contribution in [0.4, 0.5) is 10.5 Å². The number of carbonyl (C=O) groups excluding carboxylic acids is 3. The minimum absolute atomic E-state index is 0.0218. The first kappa shape index (κ1) is 20.0. The Kier molecular flexibility index (Phi) is 6.06. The molecule has 28 heavy (non-hydrogen) atoms. The molecule has 1 saturated heterocycles. The van der Waals surface area contributed by atoms with Gasteiger partial charge in [0, 0.05) is 11.3 Å². The summed E-state index contributed by atoms with van der Waals surface area (Å²) >= 11 is 6.96. The van der Waals surface area contributed by atoms with Crippen molar-refractivity contribution in [2.75, 3.05) is 19.1 Å². The topological polar surface area (TPSA) is 75.7 Å². The van der Waals surface area contributed by atoms with Gasteiger partial charge in [-0.25, -0.2) is 0 Å². The molecule has 0 saturated carbocycles. The minimum Gasteiger partial charge on any atom is -0.495 e. The molecule has 1 N–H and O–H groups in total. The number of amides is 2. The van der Waals surface area contributed by atoms with E-state index in [9.17, 15) is 14.4 Å². The summed E-state index contributed by atoms with van der Waals surface area (Å²) in [7, 11) is 1.52. The van der Waals surface area contributed by atoms with Crippen LogP contribution < -0.4 is 10.1 Å². The number of nitrogens with zero attached hydrogens (tertiary/aromatic N) is 1. The van der Waals surface area contributed by atoms with Crippen LogP contribution in [0, 0.1) is 0 Å². The van der Waals surface area contributed by atoms with Crippen LogP contribution in [0.3, 0.4) is 0 Å². The Morgan fingerprint density at radius 3 is 2.54 bits per heavy atom. The third-order valence-corrected chi connectivity index (χ3v) is 5.28. The Balaban J connectivity index is 1.69. The molecule has 0 atom stereocenters. The minimum atomic E-state index is -0.377. The maximum absolute atomic E-state index is 12.6. The maximum Gasteiger partial charge on any atom is 0.295 e. The Morgan fingerprint density at radius 2 is 1.93 bits per heavy atom. The van der Waals surface area contributed by atoms with Crippen LogP contribution in [-0.2, 0) is 4.79 Å². The number of rotatable bonds is 6. The third kappa shape index (κ3) is 4.37. The number of benzene rings is 2. The van der Waals surface area contributed by atoms with E-state index in [-0.39, 0.29) is 23.6 Å². The quantitative estimate of drug-likeness (QED) is 0.545. The van der Waals surface area contributed by atoms with Crippen molar-refractivity contribution in [3.63, 3.8) is 0 Å². The molecule has 1 aliphatic rings. The van der Waals surface area contributed by atoms with Crippen LogP contribution in [0.5, 0.6) is 5.75 Å². The highest BCUT2D eigenvalue weighted by atomic mass is 35.5. The molecule has 0 radical (unpaired) electrons. The van der Waals surface area contributed by atoms with Crippen molar-refractivity contribution in [1.29, 1.82) is 0 Å². The van der Waals surface area contributed by atoms with E-state index in [1.165, 1.54) is 14.0 Å². The summed E-state index contributed by atoms with van der Waals surface area (Å²) in [5.74, 6) is 0.131. The summed E-state index contributed by atoms with van der Waals surface area (Å²) in [5.41, 5.74) is 1.99. The Bertz CT molecular complexity index is 973. The average molecular weight is 417 g/mol. The van der Waals surface area contributed by atoms with Gasteiger partial charge in [-0.05, 0) is 48.5 Å². The van der Waals surface area contributed by atoms with Gasteiger partial charge in [-0.2, -0.15) is 0 Å². The van der Waals surface area contributed by atoms with E-state index in [2.05, 4.69) is 5.32 Å². The first-order chi connectivity index (χ1) is 13.4. The SMILES string of the molecule is COc1ccc(NCN2C(=O)S/C(=C/c3ccc(C(C)=O)cc3)C2=O)cc1Cl. The van der Waals surface area contributed by atoms with Crippen molar-refractivity contribution in [3.8, 4) is 5.75 Å². The summed E-state index contributed by atoms with van der Waals surface area (Å²) in [6.45, 7) is 1.51. The number of imide groups is 1. The number of methoxy groups -OCH3 is 1. The molecule has 0 aliphatic carbocycles. The van der Waals surface area contributed by atoms with Crippen molar-refractivity contribution >= 4 is 52.1 Å². The van der Waals surface area contributed by atoms with Crippen molar-refractivity contribution in [3.05, 3.63) is 63.5 Å². The summed E-state index contributed by atoms with van der Waals surface area (Å²) in [6.07, 6.45) is 1.64. The van der Waals surface area contributed by atoms with Gasteiger partial charge in [-0.1, -0.05) is 35.9 Å². The third-order valence-electron chi connectivity index (χ3n) is 4.08. The fraction of sp³-hybridized carbons (Fsp3) is 0.150. The van der Waals surface area contributed by atoms with E-state index >= 15 is 0 Å². The van der Waals surface area contributed by atoms with Crippen LogP contribution in [0.25, 0.3) is 6.08 Å². The standard InChI is InChI=1S/C20H17ClN2O4S/c1-12(24)14-5-3-13(4-6-14)9-18-19(25)23(20(26)28-18)11-22-15-7-8-17(27-2)16(21)10-15/h3-10,22H,11H2,1-2H3/b18-9+. The number of anilines is 1. The summed E-state index contributed by atoms with van der Waals surface area (Å²) < 4.78 is 5.10. The molecule has 2 amide bonds. The smallest absolute Gasteiger partial charge is 0.295 e. The van der Waals surface area contributed by atoms with Gasteiger partial charge >= 0.3 is 0 Å². The fourth-order valence-electron chi connectivity index (χ4n) is 2.55. The number of carbonyl (C=O) groups is 3. The summed E-state index contributed by atoms with van der Waals surface area (Å²) in [6, 6.07) is 12.0. The Hall–Kier alpha value is -2.77. The normalized spacial score (nSPS) is 15.2. The van der Waals surface area contributed by atoms with Gasteiger partial charge in [-0.3, -0.25) is 19.3 Å². The number of hydrogen-bond donors (Lipinski definition) is 1. The zero-order chi connectivity index (χ0) is 20.3. The molecular weight excluding hydrogens is 400 g/mol. The van der Waals surface area contributed by atoms with Crippen molar-refractivity contribution in [2.45, 2.75) is 6.92 Å². The fourth-order valence-corrected chi connectivity index (χ4v) is 3.64. The molecule has 3 rings (SSSR count). The van der Waals surface area contributed by atoms with Crippen molar-refractivity contribution in [1.82, 2.24) is 4.90 Å². The van der Waals surface area contributed by atoms with Crippen LogP contribution in [0.15, 0.2) is 47.4 Å². The summed E-state index contributed by atoms with van der Waals surface area (Å²) in [4.78, 5) is 37.6. The molecule has 6 nitrogen and oxygen atoms in total. The zero-order valence-corrected chi connectivity index (χ0v) is 16.8. The molecule has 1 fully saturated rings.